The fourth-order valence-corrected chi connectivity index (χ4v) is 3.26. The Kier molecular flexibility index (Phi) is 5.26. The molecule has 4 aromatic rings. The maximum Gasteiger partial charge on any atom is 0.257 e. The number of nitrogens with one attached hydrogen (secondary N) is 2. The summed E-state index contributed by atoms with van der Waals surface area (Å²) >= 11 is 0. The van der Waals surface area contributed by atoms with Crippen LogP contribution in [0.25, 0.3) is 5.65 Å². The third-order valence-corrected chi connectivity index (χ3v) is 4.70. The summed E-state index contributed by atoms with van der Waals surface area (Å²) < 4.78 is 1.65. The first-order chi connectivity index (χ1) is 14.5. The highest BCUT2D eigenvalue weighted by atomic mass is 16.2. The molecule has 0 fully saturated rings. The number of hydrogen-bond acceptors (Lipinski definition) is 4. The van der Waals surface area contributed by atoms with E-state index in [1.54, 1.807) is 22.7 Å². The lowest BCUT2D eigenvalue weighted by Gasteiger charge is -2.08. The Morgan fingerprint density at radius 2 is 1.77 bits per heavy atom. The molecule has 0 bridgehead atoms. The van der Waals surface area contributed by atoms with Crippen molar-refractivity contribution in [2.24, 2.45) is 0 Å². The number of nitrogens with zero attached hydrogens (tertiary/aromatic N) is 3. The van der Waals surface area contributed by atoms with Gasteiger partial charge in [-0.05, 0) is 49.7 Å². The molecule has 0 saturated heterocycles. The Bertz CT molecular complexity index is 1230. The van der Waals surface area contributed by atoms with Crippen LogP contribution < -0.4 is 10.6 Å². The van der Waals surface area contributed by atoms with E-state index >= 15 is 0 Å². The molecule has 2 amide bonds. The lowest BCUT2D eigenvalue weighted by molar-refractivity contribution is 0.0952. The number of rotatable bonds is 5. The van der Waals surface area contributed by atoms with Gasteiger partial charge < -0.3 is 10.6 Å². The normalized spacial score (nSPS) is 10.7. The standard InChI is InChI=1S/C23H21N5O2/c1-15-11-16(2)28-21(26-15)20(14-25-28)23(30)24-13-17-7-6-8-18(12-17)22(29)27-19-9-4-3-5-10-19/h3-12,14H,13H2,1-2H3,(H,24,30)(H,27,29). The second kappa shape index (κ2) is 8.16. The van der Waals surface area contributed by atoms with E-state index in [-0.39, 0.29) is 18.4 Å². The van der Waals surface area contributed by atoms with Gasteiger partial charge >= 0.3 is 0 Å². The van der Waals surface area contributed by atoms with E-state index in [0.717, 1.165) is 22.6 Å². The molecule has 30 heavy (non-hydrogen) atoms. The summed E-state index contributed by atoms with van der Waals surface area (Å²) in [7, 11) is 0. The zero-order valence-corrected chi connectivity index (χ0v) is 16.7. The van der Waals surface area contributed by atoms with E-state index in [1.807, 2.05) is 56.3 Å². The van der Waals surface area contributed by atoms with Gasteiger partial charge in [0, 0.05) is 29.2 Å². The summed E-state index contributed by atoms with van der Waals surface area (Å²) in [5, 5.41) is 10.00. The summed E-state index contributed by atoms with van der Waals surface area (Å²) in [6, 6.07) is 18.3. The highest BCUT2D eigenvalue weighted by Crippen LogP contribution is 2.13. The van der Waals surface area contributed by atoms with Crippen LogP contribution in [0.2, 0.25) is 0 Å². The minimum atomic E-state index is -0.262. The third kappa shape index (κ3) is 4.05. The number of fused-ring (bicyclic) bond motifs is 1. The zero-order chi connectivity index (χ0) is 21.1. The summed E-state index contributed by atoms with van der Waals surface area (Å²) in [5.74, 6) is -0.464. The van der Waals surface area contributed by atoms with Gasteiger partial charge in [0.05, 0.1) is 6.20 Å². The van der Waals surface area contributed by atoms with Gasteiger partial charge in [-0.15, -0.1) is 0 Å². The molecule has 2 N–H and O–H groups in total. The maximum absolute atomic E-state index is 12.7. The van der Waals surface area contributed by atoms with Gasteiger partial charge in [-0.3, -0.25) is 9.59 Å². The van der Waals surface area contributed by atoms with E-state index in [0.29, 0.717) is 16.8 Å². The van der Waals surface area contributed by atoms with Crippen LogP contribution in [-0.2, 0) is 6.54 Å². The molecule has 2 aromatic carbocycles. The minimum absolute atomic E-state index is 0.202. The maximum atomic E-state index is 12.7. The molecule has 0 unspecified atom stereocenters. The lowest BCUT2D eigenvalue weighted by atomic mass is 10.1. The first kappa shape index (κ1) is 19.3. The molecule has 2 aromatic heterocycles. The van der Waals surface area contributed by atoms with Crippen molar-refractivity contribution in [3.8, 4) is 0 Å². The quantitative estimate of drug-likeness (QED) is 0.537. The highest BCUT2D eigenvalue weighted by molar-refractivity contribution is 6.04. The highest BCUT2D eigenvalue weighted by Gasteiger charge is 2.15. The number of aromatic nitrogens is 3. The van der Waals surface area contributed by atoms with Gasteiger partial charge in [0.2, 0.25) is 0 Å². The van der Waals surface area contributed by atoms with Crippen molar-refractivity contribution in [3.63, 3.8) is 0 Å². The molecule has 0 spiro atoms. The largest absolute Gasteiger partial charge is 0.348 e. The molecule has 7 nitrogen and oxygen atoms in total. The van der Waals surface area contributed by atoms with Gasteiger partial charge in [-0.2, -0.15) is 5.10 Å². The van der Waals surface area contributed by atoms with E-state index in [4.69, 9.17) is 0 Å². The van der Waals surface area contributed by atoms with Crippen LogP contribution in [0.1, 0.15) is 37.7 Å². The molecule has 7 heteroatoms. The second-order valence-electron chi connectivity index (χ2n) is 7.04. The van der Waals surface area contributed by atoms with Crippen LogP contribution in [0.5, 0.6) is 0 Å². The smallest absolute Gasteiger partial charge is 0.257 e. The van der Waals surface area contributed by atoms with Crippen LogP contribution in [0, 0.1) is 13.8 Å². The van der Waals surface area contributed by atoms with Crippen molar-refractivity contribution in [3.05, 3.63) is 94.9 Å². The number of anilines is 1. The summed E-state index contributed by atoms with van der Waals surface area (Å²) in [6.07, 6.45) is 1.52. The van der Waals surface area contributed by atoms with Crippen LogP contribution in [-0.4, -0.2) is 26.4 Å². The topological polar surface area (TPSA) is 88.4 Å². The molecular formula is C23H21N5O2. The first-order valence-electron chi connectivity index (χ1n) is 9.57. The van der Waals surface area contributed by atoms with E-state index in [2.05, 4.69) is 20.7 Å². The Morgan fingerprint density at radius 1 is 0.967 bits per heavy atom. The van der Waals surface area contributed by atoms with E-state index in [1.165, 1.54) is 6.20 Å². The third-order valence-electron chi connectivity index (χ3n) is 4.70. The van der Waals surface area contributed by atoms with Gasteiger partial charge in [-0.25, -0.2) is 9.50 Å². The molecule has 0 aliphatic heterocycles. The molecule has 0 radical (unpaired) electrons. The number of aryl methyl sites for hydroxylation is 2. The van der Waals surface area contributed by atoms with Crippen molar-refractivity contribution in [1.29, 1.82) is 0 Å². The van der Waals surface area contributed by atoms with E-state index in [9.17, 15) is 9.59 Å². The van der Waals surface area contributed by atoms with Gasteiger partial charge in [-0.1, -0.05) is 30.3 Å². The van der Waals surface area contributed by atoms with Crippen molar-refractivity contribution in [2.75, 3.05) is 5.32 Å². The van der Waals surface area contributed by atoms with Crippen LogP contribution >= 0.6 is 0 Å². The van der Waals surface area contributed by atoms with Crippen molar-refractivity contribution >= 4 is 23.1 Å². The number of hydrogen-bond donors (Lipinski definition) is 2. The van der Waals surface area contributed by atoms with Crippen LogP contribution in [0.15, 0.2) is 66.9 Å². The average molecular weight is 399 g/mol. The van der Waals surface area contributed by atoms with Gasteiger partial charge in [0.15, 0.2) is 5.65 Å². The molecule has 0 saturated carbocycles. The zero-order valence-electron chi connectivity index (χ0n) is 16.7. The number of para-hydroxylation sites is 1. The van der Waals surface area contributed by atoms with Gasteiger partial charge in [0.1, 0.15) is 5.56 Å². The number of carbonyl (C=O) groups excluding carboxylic acids is 2. The number of amides is 2. The SMILES string of the molecule is Cc1cc(C)n2ncc(C(=O)NCc3cccc(C(=O)Nc4ccccc4)c3)c2n1. The fourth-order valence-electron chi connectivity index (χ4n) is 3.26. The number of carbonyl (C=O) groups is 2. The molecule has 0 aliphatic carbocycles. The van der Waals surface area contributed by atoms with Crippen LogP contribution in [0.3, 0.4) is 0 Å². The predicted octanol–water partition coefficient (Wildman–Crippen LogP) is 3.53. The molecule has 0 atom stereocenters. The lowest BCUT2D eigenvalue weighted by Crippen LogP contribution is -2.23. The molecule has 2 heterocycles. The van der Waals surface area contributed by atoms with E-state index < -0.39 is 0 Å². The Balaban J connectivity index is 1.46. The monoisotopic (exact) mass is 399 g/mol. The fraction of sp³-hybridized carbons (Fsp3) is 0.130. The van der Waals surface area contributed by atoms with Crippen molar-refractivity contribution < 1.29 is 9.59 Å². The molecule has 0 aliphatic rings. The first-order valence-corrected chi connectivity index (χ1v) is 9.57. The summed E-state index contributed by atoms with van der Waals surface area (Å²) in [5.41, 5.74) is 4.75. The van der Waals surface area contributed by atoms with Crippen molar-refractivity contribution in [1.82, 2.24) is 19.9 Å². The number of benzene rings is 2. The second-order valence-corrected chi connectivity index (χ2v) is 7.04. The Hall–Kier alpha value is -4.00. The van der Waals surface area contributed by atoms with Gasteiger partial charge in [0.25, 0.3) is 11.8 Å². The molecule has 4 rings (SSSR count). The predicted molar refractivity (Wildman–Crippen MR) is 114 cm³/mol. The molecular weight excluding hydrogens is 378 g/mol. The summed E-state index contributed by atoms with van der Waals surface area (Å²) in [4.78, 5) is 29.6. The van der Waals surface area contributed by atoms with Crippen molar-refractivity contribution in [2.45, 2.75) is 20.4 Å². The van der Waals surface area contributed by atoms with Crippen LogP contribution in [0.4, 0.5) is 5.69 Å². The molecule has 150 valence electrons. The minimum Gasteiger partial charge on any atom is -0.348 e. The summed E-state index contributed by atoms with van der Waals surface area (Å²) in [6.45, 7) is 4.09. The average Bonchev–Trinajstić information content (AvgIpc) is 3.17. The Labute approximate surface area is 173 Å². The Morgan fingerprint density at radius 3 is 2.57 bits per heavy atom.